The molecule has 7 nitrogen and oxygen atoms in total. The van der Waals surface area contributed by atoms with Crippen LogP contribution in [0.25, 0.3) is 16.8 Å². The zero-order valence-corrected chi connectivity index (χ0v) is 19.1. The van der Waals surface area contributed by atoms with Crippen LogP contribution in [0.4, 0.5) is 28.9 Å². The number of hydrogen-bond acceptors (Lipinski definition) is 5. The van der Waals surface area contributed by atoms with Gasteiger partial charge in [-0.2, -0.15) is 13.2 Å². The Morgan fingerprint density at radius 3 is 2.61 bits per heavy atom. The average Bonchev–Trinajstić information content (AvgIpc) is 3.34. The van der Waals surface area contributed by atoms with Crippen molar-refractivity contribution in [2.75, 3.05) is 36.5 Å². The molecule has 0 bridgehead atoms. The number of morpholine rings is 1. The first-order valence-corrected chi connectivity index (χ1v) is 11.2. The molecule has 0 spiro atoms. The highest BCUT2D eigenvalue weighted by Crippen LogP contribution is 2.34. The van der Waals surface area contributed by atoms with Gasteiger partial charge >= 0.3 is 6.18 Å². The lowest BCUT2D eigenvalue weighted by Gasteiger charge is -2.29. The molecule has 1 aromatic carbocycles. The number of carbonyl (C=O) groups is 1. The van der Waals surface area contributed by atoms with E-state index < -0.39 is 23.6 Å². The highest BCUT2D eigenvalue weighted by atomic mass is 19.4. The first-order chi connectivity index (χ1) is 17.2. The van der Waals surface area contributed by atoms with Gasteiger partial charge in [-0.3, -0.25) is 9.78 Å². The van der Waals surface area contributed by atoms with Crippen molar-refractivity contribution in [1.82, 2.24) is 14.4 Å². The maximum atomic E-state index is 14.8. The Labute approximate surface area is 203 Å². The van der Waals surface area contributed by atoms with Gasteiger partial charge in [0, 0.05) is 49.0 Å². The van der Waals surface area contributed by atoms with Crippen LogP contribution in [-0.2, 0) is 10.9 Å². The second-order valence-corrected chi connectivity index (χ2v) is 8.40. The molecule has 3 aromatic heterocycles. The summed E-state index contributed by atoms with van der Waals surface area (Å²) >= 11 is 0. The number of imidazole rings is 1. The summed E-state index contributed by atoms with van der Waals surface area (Å²) in [5.74, 6) is -1.58. The van der Waals surface area contributed by atoms with Gasteiger partial charge in [-0.15, -0.1) is 0 Å². The molecule has 0 atom stereocenters. The number of pyridine rings is 2. The quantitative estimate of drug-likeness (QED) is 0.403. The van der Waals surface area contributed by atoms with E-state index in [1.54, 1.807) is 13.1 Å². The Balaban J connectivity index is 1.51. The van der Waals surface area contributed by atoms with Crippen LogP contribution in [0.2, 0.25) is 0 Å². The third-order valence-corrected chi connectivity index (χ3v) is 6.01. The number of amides is 1. The highest BCUT2D eigenvalue weighted by molar-refractivity contribution is 6.04. The first-order valence-electron chi connectivity index (χ1n) is 11.2. The number of aromatic nitrogens is 3. The van der Waals surface area contributed by atoms with Gasteiger partial charge in [-0.1, -0.05) is 0 Å². The molecule has 0 aliphatic carbocycles. The highest BCUT2D eigenvalue weighted by Gasteiger charge is 2.33. The number of anilines is 2. The summed E-state index contributed by atoms with van der Waals surface area (Å²) in [5.41, 5.74) is 2.07. The minimum atomic E-state index is -4.71. The molecule has 4 heterocycles. The van der Waals surface area contributed by atoms with E-state index in [0.717, 1.165) is 29.2 Å². The van der Waals surface area contributed by atoms with E-state index in [9.17, 15) is 22.4 Å². The van der Waals surface area contributed by atoms with Crippen molar-refractivity contribution >= 4 is 22.9 Å². The summed E-state index contributed by atoms with van der Waals surface area (Å²) in [6.07, 6.45) is 1.55. The standard InChI is InChI=1S/C25H21F4N5O2/c1-15-10-19(26)20(32-24(35)16-2-3-30-22(12-16)25(27,28)29)13-18(15)17-11-21(33-6-8-36-9-7-33)23-31-4-5-34(23)14-17/h2-5,10-14H,6-9H2,1H3,(H,32,35). The smallest absolute Gasteiger partial charge is 0.378 e. The molecule has 0 radical (unpaired) electrons. The van der Waals surface area contributed by atoms with Gasteiger partial charge < -0.3 is 19.4 Å². The summed E-state index contributed by atoms with van der Waals surface area (Å²) in [7, 11) is 0. The molecule has 36 heavy (non-hydrogen) atoms. The third-order valence-electron chi connectivity index (χ3n) is 6.01. The Morgan fingerprint density at radius 1 is 1.08 bits per heavy atom. The molecule has 1 amide bonds. The van der Waals surface area contributed by atoms with Crippen molar-refractivity contribution < 1.29 is 27.1 Å². The minimum absolute atomic E-state index is 0.148. The molecular weight excluding hydrogens is 478 g/mol. The first kappa shape index (κ1) is 23.7. The predicted octanol–water partition coefficient (Wildman–Crippen LogP) is 4.95. The molecular formula is C25H21F4N5O2. The van der Waals surface area contributed by atoms with Gasteiger partial charge in [0.05, 0.1) is 24.6 Å². The topological polar surface area (TPSA) is 71.8 Å². The van der Waals surface area contributed by atoms with E-state index in [4.69, 9.17) is 4.74 Å². The number of rotatable bonds is 4. The monoisotopic (exact) mass is 499 g/mol. The van der Waals surface area contributed by atoms with E-state index in [0.29, 0.717) is 43.5 Å². The summed E-state index contributed by atoms with van der Waals surface area (Å²) in [6.45, 7) is 4.32. The summed E-state index contributed by atoms with van der Waals surface area (Å²) in [6, 6.07) is 6.49. The van der Waals surface area contributed by atoms with Crippen LogP contribution < -0.4 is 10.2 Å². The van der Waals surface area contributed by atoms with Crippen molar-refractivity contribution in [3.05, 3.63) is 77.8 Å². The number of halogens is 4. The SMILES string of the molecule is Cc1cc(F)c(NC(=O)c2ccnc(C(F)(F)F)c2)cc1-c1cc(N2CCOCC2)c2nccn2c1. The number of aryl methyl sites for hydroxylation is 1. The number of hydrogen-bond donors (Lipinski definition) is 1. The number of fused-ring (bicyclic) bond motifs is 1. The Kier molecular flexibility index (Phi) is 6.09. The number of carbonyl (C=O) groups excluding carboxylic acids is 1. The fourth-order valence-electron chi connectivity index (χ4n) is 4.20. The van der Waals surface area contributed by atoms with Crippen LogP contribution in [0.3, 0.4) is 0 Å². The average molecular weight is 499 g/mol. The van der Waals surface area contributed by atoms with Crippen LogP contribution in [0.5, 0.6) is 0 Å². The molecule has 186 valence electrons. The van der Waals surface area contributed by atoms with Crippen LogP contribution >= 0.6 is 0 Å². The molecule has 5 rings (SSSR count). The maximum Gasteiger partial charge on any atom is 0.433 e. The van der Waals surface area contributed by atoms with E-state index in [1.165, 1.54) is 12.1 Å². The molecule has 1 N–H and O–H groups in total. The van der Waals surface area contributed by atoms with Crippen molar-refractivity contribution in [2.45, 2.75) is 13.1 Å². The lowest BCUT2D eigenvalue weighted by molar-refractivity contribution is -0.141. The lowest BCUT2D eigenvalue weighted by Crippen LogP contribution is -2.36. The minimum Gasteiger partial charge on any atom is -0.378 e. The van der Waals surface area contributed by atoms with Crippen LogP contribution in [0.15, 0.2) is 55.1 Å². The molecule has 0 unspecified atom stereocenters. The number of ether oxygens (including phenoxy) is 1. The molecule has 11 heteroatoms. The molecule has 4 aromatic rings. The van der Waals surface area contributed by atoms with E-state index in [-0.39, 0.29) is 11.3 Å². The van der Waals surface area contributed by atoms with Gasteiger partial charge in [0.1, 0.15) is 11.5 Å². The number of nitrogens with one attached hydrogen (secondary N) is 1. The van der Waals surface area contributed by atoms with Gasteiger partial charge in [0.25, 0.3) is 5.91 Å². The number of benzene rings is 1. The van der Waals surface area contributed by atoms with Gasteiger partial charge in [-0.05, 0) is 48.4 Å². The summed E-state index contributed by atoms with van der Waals surface area (Å²) in [4.78, 5) is 22.6. The van der Waals surface area contributed by atoms with E-state index in [2.05, 4.69) is 20.2 Å². The molecule has 1 aliphatic heterocycles. The number of alkyl halides is 3. The van der Waals surface area contributed by atoms with Gasteiger partial charge in [0.15, 0.2) is 5.65 Å². The van der Waals surface area contributed by atoms with Crippen molar-refractivity contribution in [3.63, 3.8) is 0 Å². The maximum absolute atomic E-state index is 14.8. The van der Waals surface area contributed by atoms with Crippen molar-refractivity contribution in [2.24, 2.45) is 0 Å². The Bertz CT molecular complexity index is 1440. The van der Waals surface area contributed by atoms with Crippen molar-refractivity contribution in [1.29, 1.82) is 0 Å². The van der Waals surface area contributed by atoms with Gasteiger partial charge in [0.2, 0.25) is 0 Å². The fraction of sp³-hybridized carbons (Fsp3) is 0.240. The van der Waals surface area contributed by atoms with E-state index >= 15 is 0 Å². The zero-order chi connectivity index (χ0) is 25.4. The second-order valence-electron chi connectivity index (χ2n) is 8.40. The largest absolute Gasteiger partial charge is 0.433 e. The fourth-order valence-corrected chi connectivity index (χ4v) is 4.20. The Morgan fingerprint density at radius 2 is 1.86 bits per heavy atom. The van der Waals surface area contributed by atoms with Crippen LogP contribution in [-0.4, -0.2) is 46.6 Å². The summed E-state index contributed by atoms with van der Waals surface area (Å²) in [5, 5.41) is 2.40. The normalized spacial score (nSPS) is 14.3. The molecule has 0 saturated carbocycles. The third kappa shape index (κ3) is 4.61. The van der Waals surface area contributed by atoms with Gasteiger partial charge in [-0.25, -0.2) is 9.37 Å². The molecule has 1 aliphatic rings. The summed E-state index contributed by atoms with van der Waals surface area (Å²) < 4.78 is 61.1. The van der Waals surface area contributed by atoms with E-state index in [1.807, 2.05) is 22.9 Å². The Hall–Kier alpha value is -3.99. The number of nitrogens with zero attached hydrogens (tertiary/aromatic N) is 4. The van der Waals surface area contributed by atoms with Crippen LogP contribution in [0.1, 0.15) is 21.6 Å². The van der Waals surface area contributed by atoms with Crippen LogP contribution in [0, 0.1) is 12.7 Å². The predicted molar refractivity (Wildman–Crippen MR) is 126 cm³/mol. The second kappa shape index (κ2) is 9.23. The molecule has 1 fully saturated rings. The zero-order valence-electron chi connectivity index (χ0n) is 19.1. The lowest BCUT2D eigenvalue weighted by atomic mass is 10.00. The molecule has 1 saturated heterocycles. The van der Waals surface area contributed by atoms with Crippen molar-refractivity contribution in [3.8, 4) is 11.1 Å².